The van der Waals surface area contributed by atoms with Gasteiger partial charge in [-0.3, -0.25) is 10.1 Å². The highest BCUT2D eigenvalue weighted by Gasteiger charge is 2.21. The molecule has 0 saturated carbocycles. The number of halogens is 1. The Balaban J connectivity index is 2.09. The number of rotatable bonds is 4. The average Bonchev–Trinajstić information content (AvgIpc) is 2.86. The average molecular weight is 350 g/mol. The van der Waals surface area contributed by atoms with Crippen molar-refractivity contribution in [1.82, 2.24) is 4.98 Å². The van der Waals surface area contributed by atoms with Crippen molar-refractivity contribution in [3.8, 4) is 0 Å². The molecule has 23 heavy (non-hydrogen) atoms. The number of fused-ring (bicyclic) bond motifs is 1. The van der Waals surface area contributed by atoms with E-state index in [1.807, 2.05) is 0 Å². The summed E-state index contributed by atoms with van der Waals surface area (Å²) < 4.78 is 1.17. The summed E-state index contributed by atoms with van der Waals surface area (Å²) in [7, 11) is 0. The van der Waals surface area contributed by atoms with Crippen LogP contribution in [0.1, 0.15) is 10.4 Å². The second kappa shape index (κ2) is 5.82. The number of thiazole rings is 1. The van der Waals surface area contributed by atoms with E-state index in [-0.39, 0.29) is 16.9 Å². The normalized spacial score (nSPS) is 10.7. The topological polar surface area (TPSA) is 105 Å². The van der Waals surface area contributed by atoms with Crippen LogP contribution in [-0.2, 0) is 0 Å². The van der Waals surface area contributed by atoms with Crippen molar-refractivity contribution in [3.05, 3.63) is 56.5 Å². The van der Waals surface area contributed by atoms with Gasteiger partial charge in [-0.15, -0.1) is 11.3 Å². The molecule has 2 N–H and O–H groups in total. The van der Waals surface area contributed by atoms with Gasteiger partial charge >= 0.3 is 5.97 Å². The zero-order valence-corrected chi connectivity index (χ0v) is 12.9. The summed E-state index contributed by atoms with van der Waals surface area (Å²) in [5, 5.41) is 23.2. The van der Waals surface area contributed by atoms with Crippen LogP contribution in [0.4, 0.5) is 17.1 Å². The van der Waals surface area contributed by atoms with Crippen LogP contribution in [0.3, 0.4) is 0 Å². The molecule has 2 aromatic carbocycles. The van der Waals surface area contributed by atoms with E-state index >= 15 is 0 Å². The van der Waals surface area contributed by atoms with Gasteiger partial charge in [0, 0.05) is 11.8 Å². The zero-order chi connectivity index (χ0) is 16.6. The number of aromatic carboxylic acids is 1. The summed E-state index contributed by atoms with van der Waals surface area (Å²) in [5.74, 6) is -1.25. The van der Waals surface area contributed by atoms with Crippen molar-refractivity contribution in [2.24, 2.45) is 0 Å². The number of hydrogen-bond donors (Lipinski definition) is 2. The fourth-order valence-corrected chi connectivity index (χ4v) is 3.19. The first-order chi connectivity index (χ1) is 11.0. The first kappa shape index (κ1) is 15.2. The van der Waals surface area contributed by atoms with Gasteiger partial charge in [0.2, 0.25) is 0 Å². The summed E-state index contributed by atoms with van der Waals surface area (Å²) >= 11 is 7.11. The number of carboxylic acids is 1. The van der Waals surface area contributed by atoms with Crippen LogP contribution >= 0.6 is 22.9 Å². The number of carbonyl (C=O) groups is 1. The first-order valence-electron chi connectivity index (χ1n) is 6.29. The fourth-order valence-electron chi connectivity index (χ4n) is 2.12. The van der Waals surface area contributed by atoms with Gasteiger partial charge in [-0.1, -0.05) is 17.7 Å². The molecule has 0 aliphatic heterocycles. The highest BCUT2D eigenvalue weighted by molar-refractivity contribution is 7.22. The van der Waals surface area contributed by atoms with Gasteiger partial charge < -0.3 is 10.4 Å². The quantitative estimate of drug-likeness (QED) is 0.537. The Morgan fingerprint density at radius 2 is 2.13 bits per heavy atom. The van der Waals surface area contributed by atoms with E-state index in [0.717, 1.165) is 4.70 Å². The molecule has 9 heteroatoms. The molecule has 1 aromatic heterocycles. The van der Waals surface area contributed by atoms with Gasteiger partial charge in [0.05, 0.1) is 20.7 Å². The van der Waals surface area contributed by atoms with Crippen molar-refractivity contribution in [2.75, 3.05) is 5.32 Å². The van der Waals surface area contributed by atoms with E-state index < -0.39 is 10.9 Å². The van der Waals surface area contributed by atoms with E-state index in [9.17, 15) is 20.0 Å². The van der Waals surface area contributed by atoms with Crippen molar-refractivity contribution in [2.45, 2.75) is 0 Å². The predicted molar refractivity (Wildman–Crippen MR) is 88.0 cm³/mol. The lowest BCUT2D eigenvalue weighted by atomic mass is 10.1. The number of nitrogens with zero attached hydrogens (tertiary/aromatic N) is 2. The molecule has 0 unspecified atom stereocenters. The largest absolute Gasteiger partial charge is 0.478 e. The molecule has 0 spiro atoms. The number of aromatic nitrogens is 1. The number of carboxylic acid groups (broad SMARTS) is 1. The lowest BCUT2D eigenvalue weighted by Crippen LogP contribution is -2.05. The molecule has 0 bridgehead atoms. The van der Waals surface area contributed by atoms with Crippen LogP contribution in [0.2, 0.25) is 4.47 Å². The van der Waals surface area contributed by atoms with Crippen LogP contribution in [-0.4, -0.2) is 21.0 Å². The van der Waals surface area contributed by atoms with Gasteiger partial charge in [-0.2, -0.15) is 0 Å². The first-order valence-corrected chi connectivity index (χ1v) is 7.49. The van der Waals surface area contributed by atoms with Crippen molar-refractivity contribution < 1.29 is 14.8 Å². The van der Waals surface area contributed by atoms with Crippen molar-refractivity contribution >= 4 is 56.2 Å². The van der Waals surface area contributed by atoms with E-state index in [0.29, 0.717) is 15.7 Å². The Morgan fingerprint density at radius 3 is 2.83 bits per heavy atom. The highest BCUT2D eigenvalue weighted by atomic mass is 35.5. The predicted octanol–water partition coefficient (Wildman–Crippen LogP) is 4.30. The monoisotopic (exact) mass is 349 g/mol. The third-order valence-electron chi connectivity index (χ3n) is 3.10. The number of nitro groups is 1. The summed E-state index contributed by atoms with van der Waals surface area (Å²) in [4.78, 5) is 25.9. The molecule has 3 aromatic rings. The minimum absolute atomic E-state index is 0.0695. The summed E-state index contributed by atoms with van der Waals surface area (Å²) in [5.41, 5.74) is 0.648. The highest BCUT2D eigenvalue weighted by Crippen LogP contribution is 2.34. The maximum Gasteiger partial charge on any atom is 0.338 e. The smallest absolute Gasteiger partial charge is 0.338 e. The maximum absolute atomic E-state index is 11.3. The molecule has 0 atom stereocenters. The molecule has 0 fully saturated rings. The van der Waals surface area contributed by atoms with Gasteiger partial charge in [-0.05, 0) is 24.3 Å². The Labute approximate surface area is 138 Å². The second-order valence-electron chi connectivity index (χ2n) is 4.54. The number of nitro benzene ring substituents is 1. The Bertz CT molecular complexity index is 909. The molecule has 0 aliphatic rings. The van der Waals surface area contributed by atoms with E-state index in [1.165, 1.54) is 29.5 Å². The van der Waals surface area contributed by atoms with Gasteiger partial charge in [-0.25, -0.2) is 9.78 Å². The van der Waals surface area contributed by atoms with Crippen LogP contribution < -0.4 is 5.32 Å². The number of nitrogens with one attached hydrogen (secondary N) is 1. The summed E-state index contributed by atoms with van der Waals surface area (Å²) in [6.07, 6.45) is 0. The molecule has 1 heterocycles. The molecule has 116 valence electrons. The third-order valence-corrected chi connectivity index (χ3v) is 4.22. The zero-order valence-electron chi connectivity index (χ0n) is 11.3. The van der Waals surface area contributed by atoms with Crippen LogP contribution in [0.15, 0.2) is 36.4 Å². The summed E-state index contributed by atoms with van der Waals surface area (Å²) in [6, 6.07) is 8.95. The number of benzene rings is 2. The van der Waals surface area contributed by atoms with Gasteiger partial charge in [0.15, 0.2) is 4.47 Å². The second-order valence-corrected chi connectivity index (χ2v) is 6.15. The SMILES string of the molecule is O=C(O)c1cccc([N+](=O)[O-])c1Nc1ccc2nc(Cl)sc2c1. The lowest BCUT2D eigenvalue weighted by molar-refractivity contribution is -0.383. The van der Waals surface area contributed by atoms with E-state index in [1.54, 1.807) is 18.2 Å². The molecular weight excluding hydrogens is 342 g/mol. The standard InChI is InChI=1S/C14H8ClN3O4S/c15-14-17-9-5-4-7(6-11(9)23-14)16-12-8(13(19)20)2-1-3-10(12)18(21)22/h1-6,16H,(H,19,20). The molecular formula is C14H8ClN3O4S. The maximum atomic E-state index is 11.3. The molecule has 3 rings (SSSR count). The number of anilines is 2. The van der Waals surface area contributed by atoms with Gasteiger partial charge in [0.25, 0.3) is 5.69 Å². The molecule has 0 amide bonds. The fraction of sp³-hybridized carbons (Fsp3) is 0. The van der Waals surface area contributed by atoms with E-state index in [2.05, 4.69) is 10.3 Å². The minimum atomic E-state index is -1.25. The Kier molecular flexibility index (Phi) is 3.85. The Morgan fingerprint density at radius 1 is 1.35 bits per heavy atom. The third kappa shape index (κ3) is 2.94. The summed E-state index contributed by atoms with van der Waals surface area (Å²) in [6.45, 7) is 0. The Hall–Kier alpha value is -2.71. The van der Waals surface area contributed by atoms with Gasteiger partial charge in [0.1, 0.15) is 5.69 Å². The lowest BCUT2D eigenvalue weighted by Gasteiger charge is -2.10. The molecule has 0 saturated heterocycles. The number of para-hydroxylation sites is 1. The molecule has 0 aliphatic carbocycles. The van der Waals surface area contributed by atoms with E-state index in [4.69, 9.17) is 11.6 Å². The molecule has 7 nitrogen and oxygen atoms in total. The molecule has 0 radical (unpaired) electrons. The van der Waals surface area contributed by atoms with Crippen LogP contribution in [0.5, 0.6) is 0 Å². The number of hydrogen-bond acceptors (Lipinski definition) is 6. The van der Waals surface area contributed by atoms with Crippen LogP contribution in [0, 0.1) is 10.1 Å². The van der Waals surface area contributed by atoms with Crippen LogP contribution in [0.25, 0.3) is 10.2 Å². The minimum Gasteiger partial charge on any atom is -0.478 e. The van der Waals surface area contributed by atoms with Crippen molar-refractivity contribution in [3.63, 3.8) is 0 Å². The van der Waals surface area contributed by atoms with Crippen molar-refractivity contribution in [1.29, 1.82) is 0 Å².